The number of nitrogens with zero attached hydrogens (tertiary/aromatic N) is 2. The maximum absolute atomic E-state index is 13.2. The topological polar surface area (TPSA) is 82.7 Å². The van der Waals surface area contributed by atoms with Crippen LogP contribution >= 0.6 is 11.3 Å². The molecule has 1 amide bonds. The molecule has 0 aliphatic carbocycles. The number of fused-ring (bicyclic) bond motifs is 1. The first-order chi connectivity index (χ1) is 15.1. The fourth-order valence-corrected chi connectivity index (χ4v) is 7.32. The zero-order chi connectivity index (χ0) is 21.4. The van der Waals surface area contributed by atoms with Crippen molar-refractivity contribution in [3.8, 4) is 0 Å². The van der Waals surface area contributed by atoms with E-state index in [0.29, 0.717) is 50.2 Å². The number of amides is 1. The number of piperidine rings is 1. The second-order valence-corrected chi connectivity index (χ2v) is 10.8. The Balaban J connectivity index is 1.31. The molecule has 0 saturated carbocycles. The molecule has 164 valence electrons. The molecule has 2 aliphatic rings. The fourth-order valence-electron chi connectivity index (χ4n) is 4.55. The predicted octanol–water partition coefficient (Wildman–Crippen LogP) is 3.27. The Morgan fingerprint density at radius 1 is 1.06 bits per heavy atom. The van der Waals surface area contributed by atoms with Crippen LogP contribution in [0.2, 0.25) is 0 Å². The van der Waals surface area contributed by atoms with E-state index in [0.717, 1.165) is 18.4 Å². The number of sulfonamides is 1. The zero-order valence-corrected chi connectivity index (χ0v) is 18.8. The lowest BCUT2D eigenvalue weighted by atomic mass is 9.89. The normalized spacial score (nSPS) is 19.2. The van der Waals surface area contributed by atoms with Crippen molar-refractivity contribution >= 4 is 38.2 Å². The Morgan fingerprint density at radius 2 is 1.81 bits per heavy atom. The monoisotopic (exact) mass is 459 g/mol. The number of hydrogen-bond acceptors (Lipinski definition) is 5. The SMILES string of the molecule is O=C(c1sccc1S(=O)(=O)N1CCOCC1)N1CCC(c2c[nH]c3ccccc23)CC1. The molecular formula is C22H25N3O4S2. The van der Waals surface area contributed by atoms with Crippen LogP contribution in [0.5, 0.6) is 0 Å². The molecule has 0 unspecified atom stereocenters. The van der Waals surface area contributed by atoms with Gasteiger partial charge >= 0.3 is 0 Å². The molecule has 5 rings (SSSR count). The van der Waals surface area contributed by atoms with Gasteiger partial charge < -0.3 is 14.6 Å². The van der Waals surface area contributed by atoms with Gasteiger partial charge in [-0.15, -0.1) is 11.3 Å². The van der Waals surface area contributed by atoms with E-state index >= 15 is 0 Å². The standard InChI is InChI=1S/C22H25N3O4S2/c26-22(21-20(7-14-30-21)31(27,28)25-10-12-29-13-11-25)24-8-5-16(6-9-24)18-15-23-19-4-2-1-3-17(18)19/h1-4,7,14-16,23H,5-6,8-13H2. The summed E-state index contributed by atoms with van der Waals surface area (Å²) in [5, 5.41) is 2.93. The lowest BCUT2D eigenvalue weighted by Gasteiger charge is -2.32. The highest BCUT2D eigenvalue weighted by Gasteiger charge is 2.34. The van der Waals surface area contributed by atoms with E-state index in [2.05, 4.69) is 23.3 Å². The number of aromatic nitrogens is 1. The summed E-state index contributed by atoms with van der Waals surface area (Å²) in [6.45, 7) is 2.65. The number of thiophene rings is 1. The van der Waals surface area contributed by atoms with Crippen LogP contribution < -0.4 is 0 Å². The van der Waals surface area contributed by atoms with Crippen molar-refractivity contribution in [3.05, 3.63) is 52.3 Å². The van der Waals surface area contributed by atoms with E-state index in [4.69, 9.17) is 4.74 Å². The largest absolute Gasteiger partial charge is 0.379 e. The molecule has 2 aliphatic heterocycles. The highest BCUT2D eigenvalue weighted by atomic mass is 32.2. The Labute approximate surface area is 185 Å². The highest BCUT2D eigenvalue weighted by Crippen LogP contribution is 2.34. The number of ether oxygens (including phenoxy) is 1. The number of para-hydroxylation sites is 1. The van der Waals surface area contributed by atoms with Gasteiger partial charge in [0.15, 0.2) is 0 Å². The van der Waals surface area contributed by atoms with Crippen molar-refractivity contribution in [2.24, 2.45) is 0 Å². The van der Waals surface area contributed by atoms with E-state index in [1.165, 1.54) is 26.6 Å². The Kier molecular flexibility index (Phi) is 5.60. The smallest absolute Gasteiger partial charge is 0.265 e. The lowest BCUT2D eigenvalue weighted by molar-refractivity contribution is 0.0708. The molecular weight excluding hydrogens is 434 g/mol. The average Bonchev–Trinajstić information content (AvgIpc) is 3.47. The Bertz CT molecular complexity index is 1190. The molecule has 4 heterocycles. The van der Waals surface area contributed by atoms with Crippen molar-refractivity contribution in [2.45, 2.75) is 23.7 Å². The van der Waals surface area contributed by atoms with Gasteiger partial charge in [-0.25, -0.2) is 8.42 Å². The molecule has 0 bridgehead atoms. The molecule has 9 heteroatoms. The predicted molar refractivity (Wildman–Crippen MR) is 120 cm³/mol. The summed E-state index contributed by atoms with van der Waals surface area (Å²) in [5.41, 5.74) is 2.43. The van der Waals surface area contributed by atoms with Crippen molar-refractivity contribution < 1.29 is 17.9 Å². The van der Waals surface area contributed by atoms with E-state index in [1.54, 1.807) is 16.3 Å². The summed E-state index contributed by atoms with van der Waals surface area (Å²) >= 11 is 1.21. The number of rotatable bonds is 4. The number of carbonyl (C=O) groups is 1. The third-order valence-electron chi connectivity index (χ3n) is 6.25. The fraction of sp³-hybridized carbons (Fsp3) is 0.409. The number of benzene rings is 1. The maximum atomic E-state index is 13.2. The minimum absolute atomic E-state index is 0.128. The first-order valence-electron chi connectivity index (χ1n) is 10.6. The minimum Gasteiger partial charge on any atom is -0.379 e. The summed E-state index contributed by atoms with van der Waals surface area (Å²) in [6.07, 6.45) is 3.81. The van der Waals surface area contributed by atoms with Gasteiger partial charge in [0.2, 0.25) is 10.0 Å². The van der Waals surface area contributed by atoms with Gasteiger partial charge in [-0.1, -0.05) is 18.2 Å². The number of morpholine rings is 1. The molecule has 0 atom stereocenters. The first-order valence-corrected chi connectivity index (χ1v) is 12.9. The molecule has 0 spiro atoms. The number of likely N-dealkylation sites (tertiary alicyclic amines) is 1. The first kappa shape index (κ1) is 20.7. The van der Waals surface area contributed by atoms with E-state index in [-0.39, 0.29) is 10.8 Å². The number of aromatic amines is 1. The van der Waals surface area contributed by atoms with Crippen LogP contribution in [0.15, 0.2) is 46.8 Å². The van der Waals surface area contributed by atoms with Crippen molar-refractivity contribution in [1.82, 2.24) is 14.2 Å². The third kappa shape index (κ3) is 3.80. The summed E-state index contributed by atoms with van der Waals surface area (Å²) in [7, 11) is -3.69. The summed E-state index contributed by atoms with van der Waals surface area (Å²) in [4.78, 5) is 18.8. The Hall–Kier alpha value is -2.20. The quantitative estimate of drug-likeness (QED) is 0.649. The average molecular weight is 460 g/mol. The summed E-state index contributed by atoms with van der Waals surface area (Å²) < 4.78 is 32.9. The zero-order valence-electron chi connectivity index (χ0n) is 17.1. The van der Waals surface area contributed by atoms with Crippen molar-refractivity contribution in [1.29, 1.82) is 0 Å². The van der Waals surface area contributed by atoms with Gasteiger partial charge in [-0.3, -0.25) is 4.79 Å². The number of H-pyrrole nitrogens is 1. The van der Waals surface area contributed by atoms with Gasteiger partial charge in [0.25, 0.3) is 5.91 Å². The van der Waals surface area contributed by atoms with E-state index in [9.17, 15) is 13.2 Å². The van der Waals surface area contributed by atoms with Gasteiger partial charge in [0.05, 0.1) is 13.2 Å². The minimum atomic E-state index is -3.69. The van der Waals surface area contributed by atoms with Crippen molar-refractivity contribution in [2.75, 3.05) is 39.4 Å². The van der Waals surface area contributed by atoms with Gasteiger partial charge in [0.1, 0.15) is 9.77 Å². The van der Waals surface area contributed by atoms with Gasteiger partial charge in [-0.2, -0.15) is 4.31 Å². The number of nitrogens with one attached hydrogen (secondary N) is 1. The maximum Gasteiger partial charge on any atom is 0.265 e. The van der Waals surface area contributed by atoms with Crippen LogP contribution in [-0.2, 0) is 14.8 Å². The van der Waals surface area contributed by atoms with Crippen LogP contribution in [0, 0.1) is 0 Å². The highest BCUT2D eigenvalue weighted by molar-refractivity contribution is 7.89. The van der Waals surface area contributed by atoms with Crippen LogP contribution in [-0.4, -0.2) is 67.9 Å². The Morgan fingerprint density at radius 3 is 2.58 bits per heavy atom. The van der Waals surface area contributed by atoms with Crippen LogP contribution in [0.1, 0.15) is 34.0 Å². The molecule has 7 nitrogen and oxygen atoms in total. The van der Waals surface area contributed by atoms with E-state index < -0.39 is 10.0 Å². The van der Waals surface area contributed by atoms with Crippen molar-refractivity contribution in [3.63, 3.8) is 0 Å². The number of hydrogen-bond donors (Lipinski definition) is 1. The van der Waals surface area contributed by atoms with Gasteiger partial charge in [-0.05, 0) is 41.8 Å². The van der Waals surface area contributed by atoms with E-state index in [1.807, 2.05) is 12.1 Å². The molecule has 3 aromatic rings. The second kappa shape index (κ2) is 8.38. The molecule has 1 aromatic carbocycles. The summed E-state index contributed by atoms with van der Waals surface area (Å²) in [5.74, 6) is 0.208. The number of carbonyl (C=O) groups excluding carboxylic acids is 1. The van der Waals surface area contributed by atoms with Crippen LogP contribution in [0.4, 0.5) is 0 Å². The van der Waals surface area contributed by atoms with Crippen LogP contribution in [0.25, 0.3) is 10.9 Å². The molecule has 31 heavy (non-hydrogen) atoms. The molecule has 0 radical (unpaired) electrons. The lowest BCUT2D eigenvalue weighted by Crippen LogP contribution is -2.42. The molecule has 1 N–H and O–H groups in total. The molecule has 2 aromatic heterocycles. The molecule has 2 saturated heterocycles. The van der Waals surface area contributed by atoms with Gasteiger partial charge in [0, 0.05) is 43.3 Å². The molecule has 2 fully saturated rings. The second-order valence-electron chi connectivity index (χ2n) is 7.99. The summed E-state index contributed by atoms with van der Waals surface area (Å²) in [6, 6.07) is 9.83. The third-order valence-corrected chi connectivity index (χ3v) is 9.23. The van der Waals surface area contributed by atoms with Crippen LogP contribution in [0.3, 0.4) is 0 Å².